The molecule has 7 nitrogen and oxygen atoms in total. The molecule has 0 fully saturated rings. The Morgan fingerprint density at radius 2 is 1.73 bits per heavy atom. The Morgan fingerprint density at radius 1 is 1.13 bits per heavy atom. The van der Waals surface area contributed by atoms with Gasteiger partial charge in [0.15, 0.2) is 11.4 Å². The van der Waals surface area contributed by atoms with Crippen molar-refractivity contribution in [3.8, 4) is 29.2 Å². The molecule has 0 saturated carbocycles. The van der Waals surface area contributed by atoms with Crippen LogP contribution >= 0.6 is 23.2 Å². The fraction of sp³-hybridized carbons (Fsp3) is 0.222. The number of aromatic amines is 1. The van der Waals surface area contributed by atoms with Crippen molar-refractivity contribution < 1.29 is 13.2 Å². The summed E-state index contributed by atoms with van der Waals surface area (Å²) >= 11 is 12.3. The molecule has 154 valence electrons. The molecule has 3 aromatic rings. The number of hydrogen-bond donors (Lipinski definition) is 1. The zero-order valence-corrected chi connectivity index (χ0v) is 17.2. The highest BCUT2D eigenvalue weighted by Gasteiger charge is 2.33. The number of halogens is 5. The quantitative estimate of drug-likeness (QED) is 0.619. The third kappa shape index (κ3) is 3.56. The number of benzene rings is 1. The van der Waals surface area contributed by atoms with E-state index in [4.69, 9.17) is 28.5 Å². The van der Waals surface area contributed by atoms with Crippen molar-refractivity contribution in [1.29, 1.82) is 10.5 Å². The largest absolute Gasteiger partial charge is 0.416 e. The highest BCUT2D eigenvalue weighted by Crippen LogP contribution is 2.41. The van der Waals surface area contributed by atoms with Crippen molar-refractivity contribution in [3.05, 3.63) is 44.8 Å². The number of nitrogens with zero attached hydrogens (tertiary/aromatic N) is 6. The Hall–Kier alpha value is -3.21. The van der Waals surface area contributed by atoms with E-state index in [0.29, 0.717) is 17.1 Å². The fourth-order valence-electron chi connectivity index (χ4n) is 2.95. The third-order valence-corrected chi connectivity index (χ3v) is 4.75. The van der Waals surface area contributed by atoms with Crippen LogP contribution in [0.25, 0.3) is 17.1 Å². The summed E-state index contributed by atoms with van der Waals surface area (Å²) in [6.45, 7) is 1.64. The maximum atomic E-state index is 13.1. The van der Waals surface area contributed by atoms with Gasteiger partial charge in [-0.15, -0.1) is 0 Å². The van der Waals surface area contributed by atoms with Gasteiger partial charge in [-0.1, -0.05) is 23.2 Å². The highest BCUT2D eigenvalue weighted by atomic mass is 35.5. The van der Waals surface area contributed by atoms with E-state index >= 15 is 0 Å². The number of hydrogen-bond acceptors (Lipinski definition) is 5. The number of imidazole rings is 1. The average molecular weight is 454 g/mol. The number of nitrogens with one attached hydrogen (secondary N) is 1. The minimum Gasteiger partial charge on any atom is -0.362 e. The first-order chi connectivity index (χ1) is 14.0. The van der Waals surface area contributed by atoms with E-state index < -0.39 is 11.7 Å². The van der Waals surface area contributed by atoms with Crippen molar-refractivity contribution in [2.24, 2.45) is 0 Å². The number of anilines is 1. The van der Waals surface area contributed by atoms with Crippen molar-refractivity contribution in [2.75, 3.05) is 19.0 Å². The predicted molar refractivity (Wildman–Crippen MR) is 105 cm³/mol. The fourth-order valence-corrected chi connectivity index (χ4v) is 3.59. The van der Waals surface area contributed by atoms with Gasteiger partial charge < -0.3 is 9.88 Å². The molecule has 0 aliphatic heterocycles. The second-order valence-electron chi connectivity index (χ2n) is 6.41. The van der Waals surface area contributed by atoms with E-state index in [0.717, 1.165) is 12.1 Å². The van der Waals surface area contributed by atoms with Crippen molar-refractivity contribution in [1.82, 2.24) is 19.7 Å². The van der Waals surface area contributed by atoms with Gasteiger partial charge in [-0.05, 0) is 19.1 Å². The van der Waals surface area contributed by atoms with E-state index in [2.05, 4.69) is 15.1 Å². The van der Waals surface area contributed by atoms with Gasteiger partial charge in [-0.3, -0.25) is 0 Å². The van der Waals surface area contributed by atoms with Gasteiger partial charge in [0.1, 0.15) is 29.5 Å². The first kappa shape index (κ1) is 21.5. The smallest absolute Gasteiger partial charge is 0.362 e. The molecule has 0 radical (unpaired) electrons. The minimum atomic E-state index is -4.61. The van der Waals surface area contributed by atoms with Crippen LogP contribution in [0, 0.1) is 29.6 Å². The summed E-state index contributed by atoms with van der Waals surface area (Å²) < 4.78 is 40.5. The zero-order chi connectivity index (χ0) is 22.4. The topological polar surface area (TPSA) is 97.3 Å². The van der Waals surface area contributed by atoms with Gasteiger partial charge in [0, 0.05) is 14.1 Å². The molecule has 0 atom stereocenters. The lowest BCUT2D eigenvalue weighted by Gasteiger charge is -2.19. The molecular weight excluding hydrogens is 442 g/mol. The number of rotatable bonds is 3. The first-order valence-corrected chi connectivity index (χ1v) is 8.99. The standard InChI is InChI=1S/C18H12Cl2F3N7/c1-8-14(16-26-12(6-24)13(7-25)27-16)17(29(2)3)30(28-8)15-10(19)4-9(5-11(15)20)18(21,22)23/h4-5H,1-3H3,(H,26,27). The maximum absolute atomic E-state index is 13.1. The average Bonchev–Trinajstić information content (AvgIpc) is 3.20. The molecule has 30 heavy (non-hydrogen) atoms. The molecule has 0 aliphatic carbocycles. The molecule has 0 spiro atoms. The summed E-state index contributed by atoms with van der Waals surface area (Å²) in [6.07, 6.45) is -4.61. The van der Waals surface area contributed by atoms with E-state index in [1.54, 1.807) is 25.9 Å². The van der Waals surface area contributed by atoms with E-state index in [1.807, 2.05) is 12.1 Å². The molecule has 2 aromatic heterocycles. The summed E-state index contributed by atoms with van der Waals surface area (Å²) in [5.41, 5.74) is -0.180. The minimum absolute atomic E-state index is 0.0186. The molecule has 3 rings (SSSR count). The molecule has 2 heterocycles. The Morgan fingerprint density at radius 3 is 2.17 bits per heavy atom. The van der Waals surface area contributed by atoms with Crippen LogP contribution in [0.5, 0.6) is 0 Å². The number of H-pyrrole nitrogens is 1. The van der Waals surface area contributed by atoms with Crippen LogP contribution in [0.15, 0.2) is 12.1 Å². The van der Waals surface area contributed by atoms with Gasteiger partial charge in [-0.2, -0.15) is 28.8 Å². The van der Waals surface area contributed by atoms with Crippen LogP contribution < -0.4 is 4.90 Å². The molecule has 0 unspecified atom stereocenters. The van der Waals surface area contributed by atoms with Crippen LogP contribution in [0.1, 0.15) is 22.6 Å². The highest BCUT2D eigenvalue weighted by molar-refractivity contribution is 6.38. The summed E-state index contributed by atoms with van der Waals surface area (Å²) in [7, 11) is 3.36. The van der Waals surface area contributed by atoms with Gasteiger partial charge in [-0.25, -0.2) is 9.67 Å². The maximum Gasteiger partial charge on any atom is 0.416 e. The van der Waals surface area contributed by atoms with E-state index in [-0.39, 0.29) is 32.9 Å². The lowest BCUT2D eigenvalue weighted by molar-refractivity contribution is -0.137. The molecule has 0 saturated heterocycles. The third-order valence-electron chi connectivity index (χ3n) is 4.17. The molecule has 12 heteroatoms. The van der Waals surface area contributed by atoms with Crippen molar-refractivity contribution in [3.63, 3.8) is 0 Å². The van der Waals surface area contributed by atoms with Crippen LogP contribution in [0.4, 0.5) is 19.0 Å². The monoisotopic (exact) mass is 453 g/mol. The first-order valence-electron chi connectivity index (χ1n) is 8.23. The van der Waals surface area contributed by atoms with E-state index in [9.17, 15) is 18.4 Å². The molecule has 0 bridgehead atoms. The molecule has 1 aromatic carbocycles. The molecule has 1 N–H and O–H groups in total. The lowest BCUT2D eigenvalue weighted by atomic mass is 10.2. The number of alkyl halides is 3. The normalized spacial score (nSPS) is 11.3. The van der Waals surface area contributed by atoms with Gasteiger partial charge in [0.25, 0.3) is 0 Å². The summed E-state index contributed by atoms with van der Waals surface area (Å²) in [6, 6.07) is 5.22. The van der Waals surface area contributed by atoms with Crippen LogP contribution in [0.3, 0.4) is 0 Å². The van der Waals surface area contributed by atoms with Crippen LogP contribution in [0.2, 0.25) is 10.0 Å². The molecule has 0 amide bonds. The van der Waals surface area contributed by atoms with Gasteiger partial charge in [0.05, 0.1) is 26.9 Å². The Balaban J connectivity index is 2.30. The van der Waals surface area contributed by atoms with Crippen molar-refractivity contribution in [2.45, 2.75) is 13.1 Å². The lowest BCUT2D eigenvalue weighted by Crippen LogP contribution is -2.16. The number of aromatic nitrogens is 4. The second-order valence-corrected chi connectivity index (χ2v) is 7.22. The molecule has 0 aliphatic rings. The number of nitriles is 2. The van der Waals surface area contributed by atoms with Crippen LogP contribution in [-0.4, -0.2) is 33.8 Å². The summed E-state index contributed by atoms with van der Waals surface area (Å²) in [5.74, 6) is 0.591. The van der Waals surface area contributed by atoms with E-state index in [1.165, 1.54) is 4.68 Å². The van der Waals surface area contributed by atoms with Gasteiger partial charge in [0.2, 0.25) is 0 Å². The Kier molecular flexibility index (Phi) is 5.42. The molecular formula is C18H12Cl2F3N7. The Bertz CT molecular complexity index is 1170. The predicted octanol–water partition coefficient (Wildman–Crippen LogP) is 4.71. The Labute approximate surface area is 178 Å². The van der Waals surface area contributed by atoms with Gasteiger partial charge >= 0.3 is 6.18 Å². The van der Waals surface area contributed by atoms with Crippen LogP contribution in [-0.2, 0) is 6.18 Å². The SMILES string of the molecule is Cc1nn(-c2c(Cl)cc(C(F)(F)F)cc2Cl)c(N(C)C)c1-c1nc(C#N)c(C#N)[nH]1. The second kappa shape index (κ2) is 7.56. The summed E-state index contributed by atoms with van der Waals surface area (Å²) in [5, 5.41) is 22.2. The number of aryl methyl sites for hydroxylation is 1. The zero-order valence-electron chi connectivity index (χ0n) is 15.7. The summed E-state index contributed by atoms with van der Waals surface area (Å²) in [4.78, 5) is 8.55. The van der Waals surface area contributed by atoms with Crippen molar-refractivity contribution >= 4 is 29.0 Å².